The van der Waals surface area contributed by atoms with Crippen molar-refractivity contribution in [2.75, 3.05) is 7.11 Å². The third kappa shape index (κ3) is 3.32. The molecule has 2 aromatic carbocycles. The number of methoxy groups -OCH3 is 1. The second-order valence-electron chi connectivity index (χ2n) is 7.20. The Morgan fingerprint density at radius 3 is 2.50 bits per heavy atom. The summed E-state index contributed by atoms with van der Waals surface area (Å²) in [7, 11) is 1.55. The van der Waals surface area contributed by atoms with Gasteiger partial charge in [-0.2, -0.15) is 0 Å². The molecular weight excluding hydrogens is 382 g/mol. The van der Waals surface area contributed by atoms with E-state index in [4.69, 9.17) is 10.5 Å². The highest BCUT2D eigenvalue weighted by atomic mass is 16.5. The highest BCUT2D eigenvalue weighted by molar-refractivity contribution is 6.02. The number of nitrogens with two attached hydrogens (primary N) is 1. The molecule has 4 rings (SSSR count). The van der Waals surface area contributed by atoms with Crippen molar-refractivity contribution in [2.45, 2.75) is 19.8 Å². The Morgan fingerprint density at radius 2 is 1.87 bits per heavy atom. The van der Waals surface area contributed by atoms with Crippen LogP contribution in [0.2, 0.25) is 0 Å². The highest BCUT2D eigenvalue weighted by Crippen LogP contribution is 2.25. The number of hydrogen-bond donors (Lipinski definition) is 2. The average molecular weight is 403 g/mol. The topological polar surface area (TPSA) is 116 Å². The summed E-state index contributed by atoms with van der Waals surface area (Å²) in [6.45, 7) is 4.21. The fourth-order valence-corrected chi connectivity index (χ4v) is 3.30. The Labute approximate surface area is 172 Å². The molecular formula is C22H21N5O3. The minimum atomic E-state index is -0.749. The van der Waals surface area contributed by atoms with Crippen molar-refractivity contribution in [1.82, 2.24) is 19.5 Å². The summed E-state index contributed by atoms with van der Waals surface area (Å²) >= 11 is 0. The molecule has 30 heavy (non-hydrogen) atoms. The smallest absolute Gasteiger partial charge is 0.332 e. The summed E-state index contributed by atoms with van der Waals surface area (Å²) in [5, 5.41) is 0. The van der Waals surface area contributed by atoms with Gasteiger partial charge in [-0.05, 0) is 23.6 Å². The largest absolute Gasteiger partial charge is 0.497 e. The number of ether oxygens (including phenoxy) is 1. The molecule has 0 spiro atoms. The van der Waals surface area contributed by atoms with E-state index in [1.54, 1.807) is 31.4 Å². The first-order chi connectivity index (χ1) is 14.4. The first-order valence-corrected chi connectivity index (χ1v) is 9.46. The van der Waals surface area contributed by atoms with Gasteiger partial charge in [0.15, 0.2) is 17.2 Å². The SMILES string of the molecule is COc1cccc(-n2c(=O)[nH]c3c(C(N)=O)nc(-c4ccc(C(C)C)cc4)nc32)c1. The van der Waals surface area contributed by atoms with E-state index < -0.39 is 11.6 Å². The van der Waals surface area contributed by atoms with Crippen molar-refractivity contribution < 1.29 is 9.53 Å². The molecule has 0 bridgehead atoms. The lowest BCUT2D eigenvalue weighted by atomic mass is 10.0. The molecule has 8 heteroatoms. The molecule has 0 saturated carbocycles. The first kappa shape index (κ1) is 19.4. The van der Waals surface area contributed by atoms with Crippen LogP contribution in [0.1, 0.15) is 35.8 Å². The van der Waals surface area contributed by atoms with Crippen LogP contribution in [0, 0.1) is 0 Å². The van der Waals surface area contributed by atoms with Crippen molar-refractivity contribution in [3.05, 3.63) is 70.3 Å². The summed E-state index contributed by atoms with van der Waals surface area (Å²) in [5.74, 6) is 0.526. The third-order valence-corrected chi connectivity index (χ3v) is 4.92. The number of nitrogens with zero attached hydrogens (tertiary/aromatic N) is 3. The monoisotopic (exact) mass is 403 g/mol. The molecule has 0 aliphatic heterocycles. The van der Waals surface area contributed by atoms with E-state index in [1.165, 1.54) is 10.1 Å². The van der Waals surface area contributed by atoms with Crippen LogP contribution >= 0.6 is 0 Å². The van der Waals surface area contributed by atoms with Crippen LogP contribution in [0.3, 0.4) is 0 Å². The molecule has 0 atom stereocenters. The van der Waals surface area contributed by atoms with Crippen molar-refractivity contribution >= 4 is 17.1 Å². The minimum Gasteiger partial charge on any atom is -0.497 e. The molecule has 0 aliphatic rings. The third-order valence-electron chi connectivity index (χ3n) is 4.92. The zero-order valence-electron chi connectivity index (χ0n) is 16.8. The van der Waals surface area contributed by atoms with Gasteiger partial charge in [-0.1, -0.05) is 44.2 Å². The van der Waals surface area contributed by atoms with E-state index >= 15 is 0 Å². The van der Waals surface area contributed by atoms with E-state index in [9.17, 15) is 9.59 Å². The van der Waals surface area contributed by atoms with Gasteiger partial charge >= 0.3 is 5.69 Å². The van der Waals surface area contributed by atoms with E-state index in [-0.39, 0.29) is 16.9 Å². The number of aromatic amines is 1. The molecule has 2 heterocycles. The number of amides is 1. The summed E-state index contributed by atoms with van der Waals surface area (Å²) < 4.78 is 6.63. The lowest BCUT2D eigenvalue weighted by molar-refractivity contribution is 0.0997. The average Bonchev–Trinajstić information content (AvgIpc) is 3.08. The summed E-state index contributed by atoms with van der Waals surface area (Å²) in [4.78, 5) is 36.4. The first-order valence-electron chi connectivity index (χ1n) is 9.46. The van der Waals surface area contributed by atoms with Crippen LogP contribution in [0.15, 0.2) is 53.3 Å². The van der Waals surface area contributed by atoms with Crippen LogP contribution in [0.4, 0.5) is 0 Å². The van der Waals surface area contributed by atoms with E-state index in [0.717, 1.165) is 5.56 Å². The van der Waals surface area contributed by atoms with Crippen molar-refractivity contribution in [3.63, 3.8) is 0 Å². The second-order valence-corrected chi connectivity index (χ2v) is 7.20. The molecule has 4 aromatic rings. The maximum Gasteiger partial charge on any atom is 0.332 e. The maximum atomic E-state index is 12.7. The number of aromatic nitrogens is 4. The molecule has 2 aromatic heterocycles. The van der Waals surface area contributed by atoms with Gasteiger partial charge in [0.05, 0.1) is 12.8 Å². The van der Waals surface area contributed by atoms with Gasteiger partial charge in [-0.15, -0.1) is 0 Å². The maximum absolute atomic E-state index is 12.7. The van der Waals surface area contributed by atoms with Crippen LogP contribution in [-0.4, -0.2) is 32.5 Å². The van der Waals surface area contributed by atoms with Gasteiger partial charge in [0.25, 0.3) is 5.91 Å². The summed E-state index contributed by atoms with van der Waals surface area (Å²) in [6, 6.07) is 14.8. The van der Waals surface area contributed by atoms with Crippen LogP contribution in [-0.2, 0) is 0 Å². The molecule has 0 unspecified atom stereocenters. The molecule has 0 saturated heterocycles. The number of H-pyrrole nitrogens is 1. The lowest BCUT2D eigenvalue weighted by Gasteiger charge is -2.09. The molecule has 0 fully saturated rings. The van der Waals surface area contributed by atoms with Gasteiger partial charge in [-0.3, -0.25) is 4.79 Å². The number of fused-ring (bicyclic) bond motifs is 1. The minimum absolute atomic E-state index is 0.0401. The van der Waals surface area contributed by atoms with Crippen molar-refractivity contribution in [2.24, 2.45) is 5.73 Å². The predicted molar refractivity (Wildman–Crippen MR) is 114 cm³/mol. The Morgan fingerprint density at radius 1 is 1.13 bits per heavy atom. The normalized spacial score (nSPS) is 11.2. The Kier molecular flexibility index (Phi) is 4.83. The number of primary amides is 1. The van der Waals surface area contributed by atoms with Gasteiger partial charge < -0.3 is 15.5 Å². The molecule has 8 nitrogen and oxygen atoms in total. The van der Waals surface area contributed by atoms with Crippen LogP contribution in [0.5, 0.6) is 5.75 Å². The zero-order chi connectivity index (χ0) is 21.4. The Hall–Kier alpha value is -3.94. The number of rotatable bonds is 5. The molecule has 0 radical (unpaired) electrons. The zero-order valence-corrected chi connectivity index (χ0v) is 16.8. The number of nitrogens with one attached hydrogen (secondary N) is 1. The fraction of sp³-hybridized carbons (Fsp3) is 0.182. The highest BCUT2D eigenvalue weighted by Gasteiger charge is 2.20. The Bertz CT molecular complexity index is 1300. The molecule has 3 N–H and O–H groups in total. The van der Waals surface area contributed by atoms with Gasteiger partial charge in [-0.25, -0.2) is 19.3 Å². The second kappa shape index (κ2) is 7.47. The van der Waals surface area contributed by atoms with E-state index in [0.29, 0.717) is 23.2 Å². The number of hydrogen-bond acceptors (Lipinski definition) is 5. The molecule has 1 amide bonds. The molecule has 152 valence electrons. The number of carbonyl (C=O) groups excluding carboxylic acids is 1. The van der Waals surface area contributed by atoms with Gasteiger partial charge in [0, 0.05) is 11.6 Å². The molecule has 0 aliphatic carbocycles. The fourth-order valence-electron chi connectivity index (χ4n) is 3.30. The Balaban J connectivity index is 1.98. The van der Waals surface area contributed by atoms with Crippen molar-refractivity contribution in [1.29, 1.82) is 0 Å². The van der Waals surface area contributed by atoms with Crippen LogP contribution < -0.4 is 16.2 Å². The summed E-state index contributed by atoms with van der Waals surface area (Å²) in [6.07, 6.45) is 0. The standard InChI is InChI=1S/C22H21N5O3/c1-12(2)13-7-9-14(10-8-13)20-24-17(19(23)28)18-21(26-20)27(22(29)25-18)15-5-4-6-16(11-15)30-3/h4-12H,1-3H3,(H2,23,28)(H,25,29). The number of benzene rings is 2. The lowest BCUT2D eigenvalue weighted by Crippen LogP contribution is -2.15. The van der Waals surface area contributed by atoms with E-state index in [2.05, 4.69) is 28.8 Å². The van der Waals surface area contributed by atoms with Gasteiger partial charge in [0.2, 0.25) is 0 Å². The number of imidazole rings is 1. The van der Waals surface area contributed by atoms with E-state index in [1.807, 2.05) is 24.3 Å². The number of carbonyl (C=O) groups is 1. The predicted octanol–water partition coefficient (Wildman–Crippen LogP) is 3.01. The van der Waals surface area contributed by atoms with Crippen LogP contribution in [0.25, 0.3) is 28.2 Å². The quantitative estimate of drug-likeness (QED) is 0.531. The van der Waals surface area contributed by atoms with Gasteiger partial charge in [0.1, 0.15) is 11.3 Å². The van der Waals surface area contributed by atoms with Crippen molar-refractivity contribution in [3.8, 4) is 22.8 Å². The summed E-state index contributed by atoms with van der Waals surface area (Å²) in [5.41, 5.74) is 7.94.